The second-order valence-corrected chi connectivity index (χ2v) is 7.65. The van der Waals surface area contributed by atoms with Gasteiger partial charge in [-0.05, 0) is 68.6 Å². The van der Waals surface area contributed by atoms with Gasteiger partial charge >= 0.3 is 0 Å². The normalized spacial score (nSPS) is 21.4. The fourth-order valence-electron chi connectivity index (χ4n) is 3.20. The van der Waals surface area contributed by atoms with Crippen molar-refractivity contribution < 1.29 is 4.79 Å². The van der Waals surface area contributed by atoms with E-state index in [0.29, 0.717) is 5.56 Å². The molecule has 0 saturated carbocycles. The molecule has 0 aromatic carbocycles. The highest BCUT2D eigenvalue weighted by molar-refractivity contribution is 9.10. The summed E-state index contributed by atoms with van der Waals surface area (Å²) in [6.07, 6.45) is 3.44. The third-order valence-electron chi connectivity index (χ3n) is 3.51. The lowest BCUT2D eigenvalue weighted by atomic mass is 9.79. The van der Waals surface area contributed by atoms with Crippen molar-refractivity contribution in [1.82, 2.24) is 15.6 Å². The number of piperidine rings is 1. The zero-order valence-corrected chi connectivity index (χ0v) is 14.0. The van der Waals surface area contributed by atoms with Crippen molar-refractivity contribution in [3.63, 3.8) is 0 Å². The molecule has 5 heteroatoms. The zero-order valence-electron chi connectivity index (χ0n) is 12.5. The molecule has 1 aromatic heterocycles. The molecular formula is C15H22BrN3O. The van der Waals surface area contributed by atoms with Crippen LogP contribution in [0.5, 0.6) is 0 Å². The molecule has 1 fully saturated rings. The first-order valence-corrected chi connectivity index (χ1v) is 7.68. The summed E-state index contributed by atoms with van der Waals surface area (Å²) >= 11 is 3.27. The SMILES string of the molecule is CC1(C)CC(NC(=O)c2ccc(Br)nc2)CC(C)(C)N1. The summed E-state index contributed by atoms with van der Waals surface area (Å²) in [4.78, 5) is 16.4. The van der Waals surface area contributed by atoms with Gasteiger partial charge in [-0.3, -0.25) is 4.79 Å². The topological polar surface area (TPSA) is 54.0 Å². The Bertz CT molecular complexity index is 480. The summed E-state index contributed by atoms with van der Waals surface area (Å²) in [5.41, 5.74) is 0.650. The quantitative estimate of drug-likeness (QED) is 0.814. The Morgan fingerprint density at radius 2 is 1.90 bits per heavy atom. The van der Waals surface area contributed by atoms with E-state index in [0.717, 1.165) is 17.4 Å². The largest absolute Gasteiger partial charge is 0.349 e. The summed E-state index contributed by atoms with van der Waals surface area (Å²) < 4.78 is 0.734. The standard InChI is InChI=1S/C15H22BrN3O/c1-14(2)7-11(8-15(3,4)19-14)18-13(20)10-5-6-12(16)17-9-10/h5-6,9,11,19H,7-8H2,1-4H3,(H,18,20). The Morgan fingerprint density at radius 3 is 2.40 bits per heavy atom. The summed E-state index contributed by atoms with van der Waals surface area (Å²) in [7, 11) is 0. The first kappa shape index (κ1) is 15.4. The van der Waals surface area contributed by atoms with Crippen molar-refractivity contribution in [1.29, 1.82) is 0 Å². The smallest absolute Gasteiger partial charge is 0.253 e. The second-order valence-electron chi connectivity index (χ2n) is 6.84. The molecule has 0 aliphatic carbocycles. The maximum absolute atomic E-state index is 12.3. The van der Waals surface area contributed by atoms with Gasteiger partial charge in [0.15, 0.2) is 0 Å². The molecule has 0 atom stereocenters. The molecule has 1 amide bonds. The number of carbonyl (C=O) groups is 1. The number of carbonyl (C=O) groups excluding carboxylic acids is 1. The van der Waals surface area contributed by atoms with Crippen LogP contribution in [-0.2, 0) is 0 Å². The Hall–Kier alpha value is -0.940. The van der Waals surface area contributed by atoms with E-state index >= 15 is 0 Å². The molecule has 110 valence electrons. The van der Waals surface area contributed by atoms with E-state index in [9.17, 15) is 4.79 Å². The van der Waals surface area contributed by atoms with Crippen LogP contribution in [0.2, 0.25) is 0 Å². The van der Waals surface area contributed by atoms with E-state index in [2.05, 4.69) is 59.2 Å². The molecule has 1 aromatic rings. The van der Waals surface area contributed by atoms with E-state index < -0.39 is 0 Å². The maximum atomic E-state index is 12.3. The molecule has 1 aliphatic rings. The van der Waals surface area contributed by atoms with Crippen molar-refractivity contribution in [2.45, 2.75) is 57.7 Å². The van der Waals surface area contributed by atoms with E-state index in [1.54, 1.807) is 18.3 Å². The molecule has 20 heavy (non-hydrogen) atoms. The predicted molar refractivity (Wildman–Crippen MR) is 83.7 cm³/mol. The van der Waals surface area contributed by atoms with Gasteiger partial charge in [-0.1, -0.05) is 0 Å². The van der Waals surface area contributed by atoms with Crippen LogP contribution in [0, 0.1) is 0 Å². The van der Waals surface area contributed by atoms with Gasteiger partial charge in [0.05, 0.1) is 5.56 Å². The van der Waals surface area contributed by atoms with E-state index in [1.165, 1.54) is 0 Å². The number of nitrogens with one attached hydrogen (secondary N) is 2. The fourth-order valence-corrected chi connectivity index (χ4v) is 3.44. The lowest BCUT2D eigenvalue weighted by molar-refractivity contribution is 0.0873. The number of amides is 1. The minimum absolute atomic E-state index is 0.0255. The van der Waals surface area contributed by atoms with Crippen LogP contribution in [-0.4, -0.2) is 28.0 Å². The molecule has 2 heterocycles. The molecule has 2 N–H and O–H groups in total. The average molecular weight is 340 g/mol. The van der Waals surface area contributed by atoms with Gasteiger partial charge in [0.1, 0.15) is 4.60 Å². The highest BCUT2D eigenvalue weighted by Gasteiger charge is 2.38. The minimum Gasteiger partial charge on any atom is -0.349 e. The summed E-state index contributed by atoms with van der Waals surface area (Å²) in [6.45, 7) is 8.70. The Kier molecular flexibility index (Phi) is 4.21. The second kappa shape index (κ2) is 5.45. The van der Waals surface area contributed by atoms with Crippen LogP contribution in [0.15, 0.2) is 22.9 Å². The van der Waals surface area contributed by atoms with E-state index in [4.69, 9.17) is 0 Å². The van der Waals surface area contributed by atoms with E-state index in [-0.39, 0.29) is 23.0 Å². The summed E-state index contributed by atoms with van der Waals surface area (Å²) in [5, 5.41) is 6.74. The lowest BCUT2D eigenvalue weighted by Gasteiger charge is -2.46. The maximum Gasteiger partial charge on any atom is 0.253 e. The van der Waals surface area contributed by atoms with Gasteiger partial charge in [0.25, 0.3) is 5.91 Å². The number of rotatable bonds is 2. The van der Waals surface area contributed by atoms with Crippen LogP contribution in [0.4, 0.5) is 0 Å². The number of pyridine rings is 1. The van der Waals surface area contributed by atoms with Crippen molar-refractivity contribution in [2.75, 3.05) is 0 Å². The summed E-state index contributed by atoms with van der Waals surface area (Å²) in [5.74, 6) is -0.0523. The van der Waals surface area contributed by atoms with Crippen molar-refractivity contribution >= 4 is 21.8 Å². The molecule has 1 saturated heterocycles. The first-order chi connectivity index (χ1) is 9.17. The Morgan fingerprint density at radius 1 is 1.30 bits per heavy atom. The number of halogens is 1. The minimum atomic E-state index is -0.0523. The highest BCUT2D eigenvalue weighted by Crippen LogP contribution is 2.28. The van der Waals surface area contributed by atoms with Crippen molar-refractivity contribution in [2.24, 2.45) is 0 Å². The molecule has 0 spiro atoms. The third kappa shape index (κ3) is 4.03. The van der Waals surface area contributed by atoms with Crippen molar-refractivity contribution in [3.8, 4) is 0 Å². The molecule has 2 rings (SSSR count). The van der Waals surface area contributed by atoms with Gasteiger partial charge < -0.3 is 10.6 Å². The fraction of sp³-hybridized carbons (Fsp3) is 0.600. The molecule has 4 nitrogen and oxygen atoms in total. The van der Waals surface area contributed by atoms with Gasteiger partial charge in [-0.25, -0.2) is 4.98 Å². The Balaban J connectivity index is 2.05. The number of nitrogens with zero attached hydrogens (tertiary/aromatic N) is 1. The van der Waals surface area contributed by atoms with Crippen LogP contribution in [0.1, 0.15) is 50.9 Å². The molecule has 0 unspecified atom stereocenters. The van der Waals surface area contributed by atoms with Gasteiger partial charge in [-0.2, -0.15) is 0 Å². The van der Waals surface area contributed by atoms with Crippen LogP contribution < -0.4 is 10.6 Å². The van der Waals surface area contributed by atoms with Gasteiger partial charge in [-0.15, -0.1) is 0 Å². The summed E-state index contributed by atoms with van der Waals surface area (Å²) in [6, 6.07) is 3.74. The molecule has 0 bridgehead atoms. The average Bonchev–Trinajstić information content (AvgIpc) is 2.25. The number of hydrogen-bond donors (Lipinski definition) is 2. The van der Waals surface area contributed by atoms with Crippen LogP contribution in [0.3, 0.4) is 0 Å². The lowest BCUT2D eigenvalue weighted by Crippen LogP contribution is -2.62. The molecular weight excluding hydrogens is 318 g/mol. The Labute approximate surface area is 128 Å². The van der Waals surface area contributed by atoms with Gasteiger partial charge in [0.2, 0.25) is 0 Å². The first-order valence-electron chi connectivity index (χ1n) is 6.89. The highest BCUT2D eigenvalue weighted by atomic mass is 79.9. The number of hydrogen-bond acceptors (Lipinski definition) is 3. The van der Waals surface area contributed by atoms with Crippen LogP contribution in [0.25, 0.3) is 0 Å². The number of aromatic nitrogens is 1. The molecule has 1 aliphatic heterocycles. The monoisotopic (exact) mass is 339 g/mol. The predicted octanol–water partition coefficient (Wildman–Crippen LogP) is 2.88. The zero-order chi connectivity index (χ0) is 15.0. The van der Waals surface area contributed by atoms with Gasteiger partial charge in [0, 0.05) is 23.3 Å². The van der Waals surface area contributed by atoms with Crippen LogP contribution >= 0.6 is 15.9 Å². The van der Waals surface area contributed by atoms with E-state index in [1.807, 2.05) is 0 Å². The third-order valence-corrected chi connectivity index (χ3v) is 3.98. The molecule has 0 radical (unpaired) electrons. The van der Waals surface area contributed by atoms with Crippen molar-refractivity contribution in [3.05, 3.63) is 28.5 Å².